The van der Waals surface area contributed by atoms with Gasteiger partial charge in [0.2, 0.25) is 0 Å². The smallest absolute Gasteiger partial charge is 0.00135 e. The van der Waals surface area contributed by atoms with E-state index in [1.54, 1.807) is 0 Å². The van der Waals surface area contributed by atoms with Crippen molar-refractivity contribution in [1.82, 2.24) is 0 Å². The lowest BCUT2D eigenvalue weighted by atomic mass is 9.94. The maximum atomic E-state index is 2.24. The van der Waals surface area contributed by atoms with Crippen LogP contribution in [-0.4, -0.2) is 0 Å². The summed E-state index contributed by atoms with van der Waals surface area (Å²) in [5, 5.41) is 0. The van der Waals surface area contributed by atoms with E-state index in [9.17, 15) is 0 Å². The third kappa shape index (κ3) is 7.90. The van der Waals surface area contributed by atoms with Crippen LogP contribution in [0.5, 0.6) is 0 Å². The standard InChI is InChI=1S/C13H10.2C6H14/c1-3-7-12-10(5-1)9-11-6-2-4-8-13(11)12;2*1-5-6(2,3)4/h1-8H,9H2;2*5H2,1-4H3. The lowest BCUT2D eigenvalue weighted by Gasteiger charge is -2.12. The Bertz CT molecular complexity index is 578. The van der Waals surface area contributed by atoms with Crippen molar-refractivity contribution in [2.75, 3.05) is 0 Å². The van der Waals surface area contributed by atoms with Gasteiger partial charge in [-0.2, -0.15) is 0 Å². The Kier molecular flexibility index (Phi) is 7.93. The van der Waals surface area contributed by atoms with Crippen LogP contribution in [0, 0.1) is 10.8 Å². The molecule has 0 unspecified atom stereocenters. The molecule has 0 aromatic heterocycles. The molecule has 0 saturated carbocycles. The van der Waals surface area contributed by atoms with Crippen molar-refractivity contribution in [3.05, 3.63) is 59.7 Å². The van der Waals surface area contributed by atoms with Crippen LogP contribution in [0.2, 0.25) is 0 Å². The lowest BCUT2D eigenvalue weighted by Crippen LogP contribution is -2.00. The normalized spacial score (nSPS) is 12.2. The molecule has 2 aromatic rings. The molecule has 0 atom stereocenters. The van der Waals surface area contributed by atoms with Crippen LogP contribution in [0.4, 0.5) is 0 Å². The fraction of sp³-hybridized carbons (Fsp3) is 0.520. The Morgan fingerprint density at radius 1 is 0.600 bits per heavy atom. The summed E-state index contributed by atoms with van der Waals surface area (Å²) in [4.78, 5) is 0. The summed E-state index contributed by atoms with van der Waals surface area (Å²) in [6.45, 7) is 17.9. The predicted molar refractivity (Wildman–Crippen MR) is 114 cm³/mol. The van der Waals surface area contributed by atoms with Gasteiger partial charge >= 0.3 is 0 Å². The topological polar surface area (TPSA) is 0 Å². The van der Waals surface area contributed by atoms with Crippen molar-refractivity contribution in [2.24, 2.45) is 10.8 Å². The first-order valence-electron chi connectivity index (χ1n) is 9.73. The molecule has 0 spiro atoms. The zero-order valence-corrected chi connectivity index (χ0v) is 17.7. The second-order valence-corrected chi connectivity index (χ2v) is 9.32. The average Bonchev–Trinajstić information content (AvgIpc) is 2.93. The van der Waals surface area contributed by atoms with Gasteiger partial charge in [-0.3, -0.25) is 0 Å². The highest BCUT2D eigenvalue weighted by Gasteiger charge is 2.15. The molecule has 0 radical (unpaired) electrons. The van der Waals surface area contributed by atoms with Crippen molar-refractivity contribution in [3.8, 4) is 11.1 Å². The quantitative estimate of drug-likeness (QED) is 0.388. The van der Waals surface area contributed by atoms with Gasteiger partial charge < -0.3 is 0 Å². The highest BCUT2D eigenvalue weighted by molar-refractivity contribution is 5.76. The monoisotopic (exact) mass is 338 g/mol. The van der Waals surface area contributed by atoms with Gasteiger partial charge in [-0.1, -0.05) is 117 Å². The fourth-order valence-corrected chi connectivity index (χ4v) is 2.08. The zero-order valence-electron chi connectivity index (χ0n) is 17.7. The summed E-state index contributed by atoms with van der Waals surface area (Å²) in [6.07, 6.45) is 3.65. The number of hydrogen-bond donors (Lipinski definition) is 0. The molecule has 0 heteroatoms. The summed E-state index contributed by atoms with van der Waals surface area (Å²) in [5.74, 6) is 0. The van der Waals surface area contributed by atoms with Crippen molar-refractivity contribution >= 4 is 0 Å². The summed E-state index contributed by atoms with van der Waals surface area (Å²) < 4.78 is 0. The van der Waals surface area contributed by atoms with Gasteiger partial charge in [-0.05, 0) is 39.5 Å². The number of rotatable bonds is 0. The molecule has 1 aliphatic carbocycles. The second-order valence-electron chi connectivity index (χ2n) is 9.32. The Morgan fingerprint density at radius 2 is 0.880 bits per heavy atom. The number of hydrogen-bond acceptors (Lipinski definition) is 0. The molecule has 25 heavy (non-hydrogen) atoms. The van der Waals surface area contributed by atoms with Crippen molar-refractivity contribution < 1.29 is 0 Å². The summed E-state index contributed by atoms with van der Waals surface area (Å²) in [7, 11) is 0. The van der Waals surface area contributed by atoms with Crippen LogP contribution in [0.1, 0.15) is 79.4 Å². The third-order valence-electron chi connectivity index (χ3n) is 4.83. The molecule has 0 nitrogen and oxygen atoms in total. The van der Waals surface area contributed by atoms with Crippen LogP contribution < -0.4 is 0 Å². The van der Waals surface area contributed by atoms with E-state index in [2.05, 4.69) is 104 Å². The zero-order chi connectivity index (χ0) is 19.1. The SMILES string of the molecule is CCC(C)(C)C.CCC(C)(C)C.c1ccc2c(c1)Cc1ccccc1-2. The first-order chi connectivity index (χ1) is 11.6. The van der Waals surface area contributed by atoms with E-state index in [0.717, 1.165) is 6.42 Å². The maximum absolute atomic E-state index is 2.24. The van der Waals surface area contributed by atoms with Crippen LogP contribution in [0.15, 0.2) is 48.5 Å². The number of benzene rings is 2. The van der Waals surface area contributed by atoms with E-state index in [1.807, 2.05) is 0 Å². The largest absolute Gasteiger partial charge is 0.0649 e. The lowest BCUT2D eigenvalue weighted by molar-refractivity contribution is 0.397. The van der Waals surface area contributed by atoms with Crippen LogP contribution in [0.25, 0.3) is 11.1 Å². The van der Waals surface area contributed by atoms with E-state index in [1.165, 1.54) is 35.1 Å². The molecule has 3 rings (SSSR count). The summed E-state index contributed by atoms with van der Waals surface area (Å²) in [6, 6.07) is 17.3. The molecular formula is C25H38. The van der Waals surface area contributed by atoms with Crippen molar-refractivity contribution in [1.29, 1.82) is 0 Å². The van der Waals surface area contributed by atoms with Gasteiger partial charge in [-0.25, -0.2) is 0 Å². The molecule has 0 saturated heterocycles. The average molecular weight is 339 g/mol. The molecule has 138 valence electrons. The minimum absolute atomic E-state index is 0.542. The minimum Gasteiger partial charge on any atom is -0.0649 e. The summed E-state index contributed by atoms with van der Waals surface area (Å²) >= 11 is 0. The third-order valence-corrected chi connectivity index (χ3v) is 4.83. The molecule has 0 aliphatic heterocycles. The summed E-state index contributed by atoms with van der Waals surface area (Å²) in [5.41, 5.74) is 6.84. The Labute approximate surface area is 156 Å². The molecule has 1 aliphatic rings. The molecule has 2 aromatic carbocycles. The maximum Gasteiger partial charge on any atom is -0.00135 e. The van der Waals surface area contributed by atoms with Gasteiger partial charge in [0, 0.05) is 0 Å². The molecular weight excluding hydrogens is 300 g/mol. The van der Waals surface area contributed by atoms with Gasteiger partial charge in [0.25, 0.3) is 0 Å². The van der Waals surface area contributed by atoms with Crippen molar-refractivity contribution in [3.63, 3.8) is 0 Å². The van der Waals surface area contributed by atoms with Gasteiger partial charge in [0.05, 0.1) is 0 Å². The first-order valence-corrected chi connectivity index (χ1v) is 9.73. The molecule has 0 bridgehead atoms. The fourth-order valence-electron chi connectivity index (χ4n) is 2.08. The van der Waals surface area contributed by atoms with Crippen molar-refractivity contribution in [2.45, 2.75) is 74.7 Å². The highest BCUT2D eigenvalue weighted by atomic mass is 14.2. The van der Waals surface area contributed by atoms with Crippen LogP contribution in [0.3, 0.4) is 0 Å². The Morgan fingerprint density at radius 3 is 1.16 bits per heavy atom. The Hall–Kier alpha value is -1.56. The molecule has 0 fully saturated rings. The molecule has 0 heterocycles. The molecule has 0 amide bonds. The molecule has 0 N–H and O–H groups in total. The van der Waals surface area contributed by atoms with Gasteiger partial charge in [0.15, 0.2) is 0 Å². The van der Waals surface area contributed by atoms with Crippen LogP contribution >= 0.6 is 0 Å². The van der Waals surface area contributed by atoms with Gasteiger partial charge in [0.1, 0.15) is 0 Å². The van der Waals surface area contributed by atoms with Gasteiger partial charge in [-0.15, -0.1) is 0 Å². The van der Waals surface area contributed by atoms with Crippen LogP contribution in [-0.2, 0) is 6.42 Å². The van der Waals surface area contributed by atoms with E-state index in [4.69, 9.17) is 0 Å². The van der Waals surface area contributed by atoms with E-state index < -0.39 is 0 Å². The highest BCUT2D eigenvalue weighted by Crippen LogP contribution is 2.35. The van der Waals surface area contributed by atoms with E-state index in [-0.39, 0.29) is 0 Å². The number of fused-ring (bicyclic) bond motifs is 3. The van der Waals surface area contributed by atoms with E-state index >= 15 is 0 Å². The van der Waals surface area contributed by atoms with E-state index in [0.29, 0.717) is 10.8 Å². The Balaban J connectivity index is 0.000000222. The second kappa shape index (κ2) is 9.22. The predicted octanol–water partition coefficient (Wildman–Crippen LogP) is 8.14. The first kappa shape index (κ1) is 21.5. The minimum atomic E-state index is 0.542.